The fourth-order valence-corrected chi connectivity index (χ4v) is 3.40. The summed E-state index contributed by atoms with van der Waals surface area (Å²) in [6.45, 7) is 0.454. The maximum absolute atomic E-state index is 12.2. The van der Waals surface area contributed by atoms with Gasteiger partial charge in [0.15, 0.2) is 5.65 Å². The van der Waals surface area contributed by atoms with E-state index in [9.17, 15) is 4.79 Å². The van der Waals surface area contributed by atoms with Crippen LogP contribution in [-0.2, 0) is 6.42 Å². The van der Waals surface area contributed by atoms with E-state index in [0.29, 0.717) is 13.0 Å². The van der Waals surface area contributed by atoms with Gasteiger partial charge in [0.1, 0.15) is 11.3 Å². The van der Waals surface area contributed by atoms with E-state index in [2.05, 4.69) is 31.5 Å². The molecule has 0 aliphatic rings. The van der Waals surface area contributed by atoms with Crippen LogP contribution in [-0.4, -0.2) is 27.1 Å². The molecule has 0 saturated heterocycles. The Morgan fingerprint density at radius 1 is 1.04 bits per heavy atom. The summed E-state index contributed by atoms with van der Waals surface area (Å²) in [5.74, 6) is 0.850. The van der Waals surface area contributed by atoms with E-state index in [1.54, 1.807) is 6.20 Å². The molecule has 0 unspecified atom stereocenters. The molecule has 28 heavy (non-hydrogen) atoms. The fourth-order valence-electron chi connectivity index (χ4n) is 3.00. The number of benzene rings is 2. The number of nitrogens with one attached hydrogen (secondary N) is 2. The Morgan fingerprint density at radius 2 is 1.89 bits per heavy atom. The van der Waals surface area contributed by atoms with Crippen molar-refractivity contribution in [2.24, 2.45) is 0 Å². The van der Waals surface area contributed by atoms with Gasteiger partial charge in [-0.1, -0.05) is 40.2 Å². The fraction of sp³-hybridized carbons (Fsp3) is 0.0952. The predicted octanol–water partition coefficient (Wildman–Crippen LogP) is 4.55. The number of halogens is 1. The molecule has 4 rings (SSSR count). The molecule has 0 fully saturated rings. The van der Waals surface area contributed by atoms with Crippen LogP contribution in [0.4, 0.5) is 10.5 Å². The third-order valence-electron chi connectivity index (χ3n) is 4.22. The first kappa shape index (κ1) is 18.2. The Bertz CT molecular complexity index is 1110. The van der Waals surface area contributed by atoms with Crippen LogP contribution in [0.1, 0.15) is 5.82 Å². The second kappa shape index (κ2) is 8.22. The number of urea groups is 1. The molecule has 2 aromatic heterocycles. The molecular formula is C21H18BrN5O. The SMILES string of the molecule is O=C(NCCc1nc2cccnc2n1-c1ccccc1)Nc1cccc(Br)c1. The molecular weight excluding hydrogens is 418 g/mol. The first-order chi connectivity index (χ1) is 13.7. The van der Waals surface area contributed by atoms with E-state index in [1.807, 2.05) is 71.3 Å². The number of fused-ring (bicyclic) bond motifs is 1. The summed E-state index contributed by atoms with van der Waals surface area (Å²) < 4.78 is 2.94. The average Bonchev–Trinajstić information content (AvgIpc) is 3.07. The number of rotatable bonds is 5. The monoisotopic (exact) mass is 435 g/mol. The molecule has 2 amide bonds. The van der Waals surface area contributed by atoms with E-state index < -0.39 is 0 Å². The van der Waals surface area contributed by atoms with Crippen LogP contribution in [0.3, 0.4) is 0 Å². The smallest absolute Gasteiger partial charge is 0.319 e. The summed E-state index contributed by atoms with van der Waals surface area (Å²) in [5, 5.41) is 5.71. The number of imidazole rings is 1. The second-order valence-corrected chi connectivity index (χ2v) is 7.10. The molecule has 4 aromatic rings. The van der Waals surface area contributed by atoms with Gasteiger partial charge in [-0.3, -0.25) is 4.57 Å². The molecule has 0 atom stereocenters. The number of hydrogen-bond acceptors (Lipinski definition) is 3. The van der Waals surface area contributed by atoms with E-state index >= 15 is 0 Å². The van der Waals surface area contributed by atoms with Gasteiger partial charge in [0.2, 0.25) is 0 Å². The number of amides is 2. The molecule has 0 aliphatic carbocycles. The highest BCUT2D eigenvalue weighted by Crippen LogP contribution is 2.20. The Hall–Kier alpha value is -3.19. The lowest BCUT2D eigenvalue weighted by molar-refractivity contribution is 0.252. The predicted molar refractivity (Wildman–Crippen MR) is 114 cm³/mol. The van der Waals surface area contributed by atoms with Crippen LogP contribution in [0.25, 0.3) is 16.9 Å². The third-order valence-corrected chi connectivity index (χ3v) is 4.71. The molecule has 2 heterocycles. The lowest BCUT2D eigenvalue weighted by atomic mass is 10.3. The maximum Gasteiger partial charge on any atom is 0.319 e. The number of carbonyl (C=O) groups is 1. The number of hydrogen-bond donors (Lipinski definition) is 2. The summed E-state index contributed by atoms with van der Waals surface area (Å²) in [4.78, 5) is 21.3. The molecule has 2 aromatic carbocycles. The largest absolute Gasteiger partial charge is 0.337 e. The summed E-state index contributed by atoms with van der Waals surface area (Å²) in [7, 11) is 0. The molecule has 2 N–H and O–H groups in total. The lowest BCUT2D eigenvalue weighted by Gasteiger charge is -2.10. The van der Waals surface area contributed by atoms with Crippen LogP contribution >= 0.6 is 15.9 Å². The third kappa shape index (κ3) is 4.04. The normalized spacial score (nSPS) is 10.8. The average molecular weight is 436 g/mol. The molecule has 6 nitrogen and oxygen atoms in total. The van der Waals surface area contributed by atoms with Crippen LogP contribution in [0.2, 0.25) is 0 Å². The van der Waals surface area contributed by atoms with Crippen molar-refractivity contribution in [3.63, 3.8) is 0 Å². The maximum atomic E-state index is 12.2. The highest BCUT2D eigenvalue weighted by molar-refractivity contribution is 9.10. The molecule has 0 radical (unpaired) electrons. The Labute approximate surface area is 170 Å². The number of anilines is 1. The summed E-state index contributed by atoms with van der Waals surface area (Å²) >= 11 is 3.39. The van der Waals surface area contributed by atoms with Crippen molar-refractivity contribution in [1.29, 1.82) is 0 Å². The van der Waals surface area contributed by atoms with Gasteiger partial charge < -0.3 is 10.6 Å². The molecule has 7 heteroatoms. The summed E-state index contributed by atoms with van der Waals surface area (Å²) in [5.41, 5.74) is 3.37. The zero-order valence-corrected chi connectivity index (χ0v) is 16.6. The van der Waals surface area contributed by atoms with Crippen molar-refractivity contribution in [1.82, 2.24) is 19.9 Å². The van der Waals surface area contributed by atoms with Gasteiger partial charge in [-0.25, -0.2) is 14.8 Å². The first-order valence-electron chi connectivity index (χ1n) is 8.89. The number of carbonyl (C=O) groups excluding carboxylic acids is 1. The first-order valence-corrected chi connectivity index (χ1v) is 9.68. The van der Waals surface area contributed by atoms with Crippen molar-refractivity contribution in [2.45, 2.75) is 6.42 Å². The van der Waals surface area contributed by atoms with Crippen LogP contribution in [0, 0.1) is 0 Å². The molecule has 0 bridgehead atoms. The van der Waals surface area contributed by atoms with E-state index in [0.717, 1.165) is 32.8 Å². The number of para-hydroxylation sites is 1. The van der Waals surface area contributed by atoms with Crippen molar-refractivity contribution in [3.05, 3.63) is 83.2 Å². The van der Waals surface area contributed by atoms with Crippen LogP contribution in [0.5, 0.6) is 0 Å². The Balaban J connectivity index is 1.48. The van der Waals surface area contributed by atoms with E-state index in [-0.39, 0.29) is 6.03 Å². The number of nitrogens with zero attached hydrogens (tertiary/aromatic N) is 3. The van der Waals surface area contributed by atoms with E-state index in [4.69, 9.17) is 4.98 Å². The standard InChI is InChI=1S/C21H18BrN5O/c22-15-6-4-7-16(14-15)25-21(28)24-13-11-19-26-18-10-5-12-23-20(18)27(19)17-8-2-1-3-9-17/h1-10,12,14H,11,13H2,(H2,24,25,28). The van der Waals surface area contributed by atoms with E-state index in [1.165, 1.54) is 0 Å². The highest BCUT2D eigenvalue weighted by atomic mass is 79.9. The highest BCUT2D eigenvalue weighted by Gasteiger charge is 2.13. The minimum absolute atomic E-state index is 0.251. The van der Waals surface area contributed by atoms with Crippen molar-refractivity contribution in [3.8, 4) is 5.69 Å². The summed E-state index contributed by atoms with van der Waals surface area (Å²) in [6.07, 6.45) is 2.34. The van der Waals surface area contributed by atoms with Gasteiger partial charge in [-0.05, 0) is 42.5 Å². The van der Waals surface area contributed by atoms with Gasteiger partial charge >= 0.3 is 6.03 Å². The van der Waals surface area contributed by atoms with Gasteiger partial charge in [-0.2, -0.15) is 0 Å². The van der Waals surface area contributed by atoms with Crippen molar-refractivity contribution < 1.29 is 4.79 Å². The quantitative estimate of drug-likeness (QED) is 0.482. The van der Waals surface area contributed by atoms with Gasteiger partial charge in [0.25, 0.3) is 0 Å². The zero-order chi connectivity index (χ0) is 19.3. The lowest BCUT2D eigenvalue weighted by Crippen LogP contribution is -2.30. The van der Waals surface area contributed by atoms with Crippen LogP contribution in [0.15, 0.2) is 77.4 Å². The van der Waals surface area contributed by atoms with Gasteiger partial charge in [0.05, 0.1) is 0 Å². The molecule has 0 saturated carbocycles. The summed E-state index contributed by atoms with van der Waals surface area (Å²) in [6, 6.07) is 21.0. The van der Waals surface area contributed by atoms with Gasteiger partial charge in [-0.15, -0.1) is 0 Å². The van der Waals surface area contributed by atoms with Crippen molar-refractivity contribution >= 4 is 38.8 Å². The number of aromatic nitrogens is 3. The zero-order valence-electron chi connectivity index (χ0n) is 15.0. The molecule has 0 spiro atoms. The Kier molecular flexibility index (Phi) is 5.34. The molecule has 0 aliphatic heterocycles. The number of pyridine rings is 1. The van der Waals surface area contributed by atoms with Crippen molar-refractivity contribution in [2.75, 3.05) is 11.9 Å². The van der Waals surface area contributed by atoms with Gasteiger partial charge in [0, 0.05) is 35.0 Å². The second-order valence-electron chi connectivity index (χ2n) is 6.19. The Morgan fingerprint density at radius 3 is 2.71 bits per heavy atom. The van der Waals surface area contributed by atoms with Crippen LogP contribution < -0.4 is 10.6 Å². The molecule has 140 valence electrons. The minimum Gasteiger partial charge on any atom is -0.337 e. The minimum atomic E-state index is -0.251. The topological polar surface area (TPSA) is 71.8 Å².